The Hall–Kier alpha value is -3.02. The molecule has 2 rings (SSSR count). The number of Topliss-reactive ketones (excluding diaryl/α,β-unsaturated/α-hetero) is 1. The van der Waals surface area contributed by atoms with E-state index in [2.05, 4.69) is 0 Å². The Morgan fingerprint density at radius 3 is 2.27 bits per heavy atom. The van der Waals surface area contributed by atoms with Crippen molar-refractivity contribution in [2.24, 2.45) is 0 Å². The van der Waals surface area contributed by atoms with Crippen LogP contribution < -0.4 is 4.90 Å². The first-order chi connectivity index (χ1) is 12.4. The standard InChI is InChI=1S/C20H20FNO4/c1-3-12-22(14-8-5-4-6-9-14)19(24)17(13(2)23)15-10-7-11-16(21)18(15)20(25)26/h4-11,17H,3,12H2,1-2H3,(H,25,26). The van der Waals surface area contributed by atoms with Crippen molar-refractivity contribution in [1.82, 2.24) is 0 Å². The molecule has 0 saturated carbocycles. The van der Waals surface area contributed by atoms with Crippen molar-refractivity contribution in [3.05, 3.63) is 65.5 Å². The van der Waals surface area contributed by atoms with Gasteiger partial charge in [-0.05, 0) is 37.1 Å². The van der Waals surface area contributed by atoms with Crippen molar-refractivity contribution >= 4 is 23.3 Å². The van der Waals surface area contributed by atoms with Gasteiger partial charge in [0, 0.05) is 12.2 Å². The second-order valence-corrected chi connectivity index (χ2v) is 5.88. The number of rotatable bonds is 7. The van der Waals surface area contributed by atoms with Gasteiger partial charge in [-0.2, -0.15) is 0 Å². The number of aromatic carboxylic acids is 1. The Morgan fingerprint density at radius 2 is 1.73 bits per heavy atom. The number of para-hydroxylation sites is 1. The van der Waals surface area contributed by atoms with E-state index in [-0.39, 0.29) is 5.56 Å². The minimum absolute atomic E-state index is 0.132. The van der Waals surface area contributed by atoms with Crippen LogP contribution in [0.5, 0.6) is 0 Å². The molecule has 26 heavy (non-hydrogen) atoms. The van der Waals surface area contributed by atoms with Gasteiger partial charge in [0.1, 0.15) is 17.5 Å². The van der Waals surface area contributed by atoms with Crippen molar-refractivity contribution in [3.63, 3.8) is 0 Å². The van der Waals surface area contributed by atoms with E-state index >= 15 is 0 Å². The largest absolute Gasteiger partial charge is 0.478 e. The molecule has 136 valence electrons. The first kappa shape index (κ1) is 19.3. The van der Waals surface area contributed by atoms with Gasteiger partial charge >= 0.3 is 5.97 Å². The van der Waals surface area contributed by atoms with Gasteiger partial charge in [-0.3, -0.25) is 9.59 Å². The fraction of sp³-hybridized carbons (Fsp3) is 0.250. The van der Waals surface area contributed by atoms with Gasteiger partial charge in [0.05, 0.1) is 5.56 Å². The van der Waals surface area contributed by atoms with Crippen LogP contribution in [-0.2, 0) is 9.59 Å². The molecular weight excluding hydrogens is 337 g/mol. The molecule has 1 N–H and O–H groups in total. The van der Waals surface area contributed by atoms with E-state index < -0.39 is 35.0 Å². The Morgan fingerprint density at radius 1 is 1.08 bits per heavy atom. The van der Waals surface area contributed by atoms with E-state index in [0.29, 0.717) is 18.7 Å². The fourth-order valence-electron chi connectivity index (χ4n) is 2.89. The topological polar surface area (TPSA) is 74.7 Å². The summed E-state index contributed by atoms with van der Waals surface area (Å²) in [6, 6.07) is 12.4. The van der Waals surface area contributed by atoms with Crippen LogP contribution in [0.4, 0.5) is 10.1 Å². The van der Waals surface area contributed by atoms with Crippen molar-refractivity contribution in [1.29, 1.82) is 0 Å². The Balaban J connectivity index is 2.57. The molecule has 0 aliphatic carbocycles. The number of halogens is 1. The number of hydrogen-bond donors (Lipinski definition) is 1. The Bertz CT molecular complexity index is 820. The highest BCUT2D eigenvalue weighted by Crippen LogP contribution is 2.28. The summed E-state index contributed by atoms with van der Waals surface area (Å²) in [7, 11) is 0. The summed E-state index contributed by atoms with van der Waals surface area (Å²) in [5, 5.41) is 9.34. The smallest absolute Gasteiger partial charge is 0.339 e. The lowest BCUT2D eigenvalue weighted by molar-refractivity contribution is -0.127. The molecule has 0 radical (unpaired) electrons. The molecule has 0 aliphatic heterocycles. The van der Waals surface area contributed by atoms with Crippen LogP contribution in [0, 0.1) is 5.82 Å². The molecule has 1 unspecified atom stereocenters. The quantitative estimate of drug-likeness (QED) is 0.768. The number of benzene rings is 2. The van der Waals surface area contributed by atoms with Crippen LogP contribution in [0.1, 0.15) is 42.1 Å². The summed E-state index contributed by atoms with van der Waals surface area (Å²) in [4.78, 5) is 38.3. The fourth-order valence-corrected chi connectivity index (χ4v) is 2.89. The lowest BCUT2D eigenvalue weighted by Gasteiger charge is -2.27. The van der Waals surface area contributed by atoms with Gasteiger partial charge < -0.3 is 10.0 Å². The van der Waals surface area contributed by atoms with E-state index in [1.54, 1.807) is 30.3 Å². The molecule has 0 aromatic heterocycles. The second-order valence-electron chi connectivity index (χ2n) is 5.88. The molecule has 6 heteroatoms. The van der Waals surface area contributed by atoms with Crippen LogP contribution >= 0.6 is 0 Å². The molecule has 2 aromatic carbocycles. The highest BCUT2D eigenvalue weighted by molar-refractivity contribution is 6.13. The number of ketones is 1. The minimum Gasteiger partial charge on any atom is -0.478 e. The van der Waals surface area contributed by atoms with Crippen LogP contribution in [0.2, 0.25) is 0 Å². The normalized spacial score (nSPS) is 11.7. The molecule has 5 nitrogen and oxygen atoms in total. The summed E-state index contributed by atoms with van der Waals surface area (Å²) in [5.41, 5.74) is -0.184. The predicted molar refractivity (Wildman–Crippen MR) is 95.9 cm³/mol. The molecule has 0 bridgehead atoms. The number of carbonyl (C=O) groups excluding carboxylic acids is 2. The summed E-state index contributed by atoms with van der Waals surface area (Å²) >= 11 is 0. The average Bonchev–Trinajstić information content (AvgIpc) is 2.60. The summed E-state index contributed by atoms with van der Waals surface area (Å²) in [5.74, 6) is -4.99. The Kier molecular flexibility index (Phi) is 6.22. The molecular formula is C20H20FNO4. The highest BCUT2D eigenvalue weighted by atomic mass is 19.1. The van der Waals surface area contributed by atoms with E-state index in [9.17, 15) is 23.9 Å². The number of amides is 1. The number of hydrogen-bond acceptors (Lipinski definition) is 3. The summed E-state index contributed by atoms with van der Waals surface area (Å²) in [6.07, 6.45) is 0.639. The van der Waals surface area contributed by atoms with Crippen LogP contribution in [0.3, 0.4) is 0 Å². The van der Waals surface area contributed by atoms with Crippen molar-refractivity contribution in [3.8, 4) is 0 Å². The number of carboxylic acid groups (broad SMARTS) is 1. The maximum atomic E-state index is 14.0. The van der Waals surface area contributed by atoms with Crippen LogP contribution in [-0.4, -0.2) is 29.3 Å². The summed E-state index contributed by atoms with van der Waals surface area (Å²) in [6.45, 7) is 3.44. The van der Waals surface area contributed by atoms with E-state index in [1.807, 2.05) is 6.92 Å². The third-order valence-corrected chi connectivity index (χ3v) is 4.01. The van der Waals surface area contributed by atoms with E-state index in [1.165, 1.54) is 24.0 Å². The van der Waals surface area contributed by atoms with Gasteiger partial charge in [0.15, 0.2) is 0 Å². The molecule has 0 aliphatic rings. The zero-order valence-corrected chi connectivity index (χ0v) is 14.6. The van der Waals surface area contributed by atoms with Gasteiger partial charge in [0.25, 0.3) is 0 Å². The maximum Gasteiger partial charge on any atom is 0.339 e. The lowest BCUT2D eigenvalue weighted by Crippen LogP contribution is -2.39. The second kappa shape index (κ2) is 8.38. The minimum atomic E-state index is -1.51. The number of carbonyl (C=O) groups is 3. The van der Waals surface area contributed by atoms with Crippen molar-refractivity contribution in [2.45, 2.75) is 26.2 Å². The van der Waals surface area contributed by atoms with Gasteiger partial charge in [-0.25, -0.2) is 9.18 Å². The molecule has 1 amide bonds. The SMILES string of the molecule is CCCN(C(=O)C(C(C)=O)c1cccc(F)c1C(=O)O)c1ccccc1. The lowest BCUT2D eigenvalue weighted by atomic mass is 9.89. The first-order valence-corrected chi connectivity index (χ1v) is 8.27. The first-order valence-electron chi connectivity index (χ1n) is 8.27. The van der Waals surface area contributed by atoms with Crippen LogP contribution in [0.15, 0.2) is 48.5 Å². The molecule has 2 aromatic rings. The monoisotopic (exact) mass is 357 g/mol. The maximum absolute atomic E-state index is 14.0. The third-order valence-electron chi connectivity index (χ3n) is 4.01. The molecule has 0 spiro atoms. The van der Waals surface area contributed by atoms with E-state index in [0.717, 1.165) is 6.07 Å². The van der Waals surface area contributed by atoms with E-state index in [4.69, 9.17) is 0 Å². The summed E-state index contributed by atoms with van der Waals surface area (Å²) < 4.78 is 14.0. The molecule has 1 atom stereocenters. The molecule has 0 fully saturated rings. The predicted octanol–water partition coefficient (Wildman–Crippen LogP) is 3.64. The van der Waals surface area contributed by atoms with Crippen molar-refractivity contribution in [2.75, 3.05) is 11.4 Å². The van der Waals surface area contributed by atoms with Gasteiger partial charge in [0.2, 0.25) is 5.91 Å². The van der Waals surface area contributed by atoms with Crippen molar-refractivity contribution < 1.29 is 23.9 Å². The zero-order valence-electron chi connectivity index (χ0n) is 14.6. The third kappa shape index (κ3) is 3.96. The number of nitrogens with zero attached hydrogens (tertiary/aromatic N) is 1. The number of anilines is 1. The Labute approximate surface area is 151 Å². The number of carboxylic acids is 1. The van der Waals surface area contributed by atoms with Crippen LogP contribution in [0.25, 0.3) is 0 Å². The average molecular weight is 357 g/mol. The van der Waals surface area contributed by atoms with Gasteiger partial charge in [-0.1, -0.05) is 37.3 Å². The zero-order chi connectivity index (χ0) is 19.3. The van der Waals surface area contributed by atoms with Gasteiger partial charge in [-0.15, -0.1) is 0 Å². The highest BCUT2D eigenvalue weighted by Gasteiger charge is 2.34. The molecule has 0 saturated heterocycles. The molecule has 0 heterocycles.